The number of carboxylic acids is 1. The first-order valence-electron chi connectivity index (χ1n) is 13.7. The van der Waals surface area contributed by atoms with Crippen molar-refractivity contribution in [3.05, 3.63) is 0 Å². The van der Waals surface area contributed by atoms with Gasteiger partial charge in [-0.1, -0.05) is 68.7 Å². The van der Waals surface area contributed by atoms with Crippen LogP contribution in [0.25, 0.3) is 0 Å². The van der Waals surface area contributed by atoms with Gasteiger partial charge in [-0.2, -0.15) is 0 Å². The van der Waals surface area contributed by atoms with Gasteiger partial charge in [-0.15, -0.1) is 0 Å². The lowest BCUT2D eigenvalue weighted by Gasteiger charge is -2.64. The average Bonchev–Trinajstić information content (AvgIpc) is 3.10. The summed E-state index contributed by atoms with van der Waals surface area (Å²) < 4.78 is 0. The van der Waals surface area contributed by atoms with Crippen molar-refractivity contribution in [3.8, 4) is 0 Å². The first-order valence-corrected chi connectivity index (χ1v) is 13.7. The average molecular weight is 453 g/mol. The van der Waals surface area contributed by atoms with Crippen LogP contribution in [0.15, 0.2) is 0 Å². The molecule has 0 heterocycles. The second kappa shape index (κ2) is 12.2. The Morgan fingerprint density at radius 1 is 0.875 bits per heavy atom. The van der Waals surface area contributed by atoms with Crippen LogP contribution in [-0.2, 0) is 4.79 Å². The third kappa shape index (κ3) is 5.08. The van der Waals surface area contributed by atoms with Gasteiger partial charge in [-0.05, 0) is 97.7 Å². The van der Waals surface area contributed by atoms with Gasteiger partial charge in [0.15, 0.2) is 0 Å². The second-order valence-corrected chi connectivity index (χ2v) is 11.1. The minimum Gasteiger partial charge on any atom is -0.481 e. The maximum absolute atomic E-state index is 11.4. The molecule has 0 amide bonds. The lowest BCUT2D eigenvalue weighted by Crippen LogP contribution is -2.60. The molecule has 3 nitrogen and oxygen atoms in total. The lowest BCUT2D eigenvalue weighted by atomic mass is 9.42. The summed E-state index contributed by atoms with van der Waals surface area (Å²) in [6, 6.07) is 0. The molecule has 190 valence electrons. The smallest absolute Gasteiger partial charge is 0.303 e. The van der Waals surface area contributed by atoms with E-state index in [0.29, 0.717) is 52.8 Å². The molecule has 4 aliphatic rings. The Kier molecular flexibility index (Phi) is 11.3. The van der Waals surface area contributed by atoms with E-state index < -0.39 is 5.97 Å². The molecule has 0 aromatic rings. The number of rotatable bonds is 4. The number of hydrogen-bond acceptors (Lipinski definition) is 2. The van der Waals surface area contributed by atoms with Gasteiger partial charge < -0.3 is 10.2 Å². The highest BCUT2D eigenvalue weighted by molar-refractivity contribution is 5.66. The molecule has 32 heavy (non-hydrogen) atoms. The van der Waals surface area contributed by atoms with E-state index in [9.17, 15) is 9.90 Å². The molecule has 0 saturated heterocycles. The zero-order valence-corrected chi connectivity index (χ0v) is 21.6. The van der Waals surface area contributed by atoms with Crippen LogP contribution >= 0.6 is 0 Å². The molecule has 4 saturated carbocycles. The number of aliphatic carboxylic acids is 1. The van der Waals surface area contributed by atoms with Gasteiger partial charge in [0, 0.05) is 6.42 Å². The Balaban J connectivity index is 0.000000971. The van der Waals surface area contributed by atoms with Gasteiger partial charge in [0.2, 0.25) is 0 Å². The van der Waals surface area contributed by atoms with E-state index in [4.69, 9.17) is 5.11 Å². The molecular weight excluding hydrogens is 396 g/mol. The topological polar surface area (TPSA) is 57.5 Å². The maximum Gasteiger partial charge on any atom is 0.303 e. The SMILES string of the molecule is C.CC.CC.C[C@H]1C(O)C2C3CCC(CCCC(=O)O)C3(C)CCC2C2(C)CCCCC12. The van der Waals surface area contributed by atoms with Crippen LogP contribution in [0.1, 0.15) is 127 Å². The van der Waals surface area contributed by atoms with Crippen LogP contribution in [0.3, 0.4) is 0 Å². The lowest BCUT2D eigenvalue weighted by molar-refractivity contribution is -0.188. The van der Waals surface area contributed by atoms with E-state index in [1.807, 2.05) is 27.7 Å². The van der Waals surface area contributed by atoms with E-state index in [1.54, 1.807) is 0 Å². The predicted molar refractivity (Wildman–Crippen MR) is 137 cm³/mol. The molecule has 4 fully saturated rings. The van der Waals surface area contributed by atoms with Crippen molar-refractivity contribution in [2.45, 2.75) is 133 Å². The molecule has 4 rings (SSSR count). The summed E-state index contributed by atoms with van der Waals surface area (Å²) in [6.45, 7) is 15.4. The Bertz CT molecular complexity index is 575. The van der Waals surface area contributed by atoms with E-state index >= 15 is 0 Å². The second-order valence-electron chi connectivity index (χ2n) is 11.1. The highest BCUT2D eigenvalue weighted by Gasteiger charge is 2.63. The number of fused-ring (bicyclic) bond motifs is 5. The van der Waals surface area contributed by atoms with Crippen LogP contribution in [-0.4, -0.2) is 22.3 Å². The molecule has 0 bridgehead atoms. The number of aliphatic hydroxyl groups excluding tert-OH is 1. The van der Waals surface area contributed by atoms with Crippen LogP contribution in [0, 0.1) is 46.3 Å². The Morgan fingerprint density at radius 3 is 2.12 bits per heavy atom. The minimum absolute atomic E-state index is 0. The zero-order chi connectivity index (χ0) is 23.4. The Morgan fingerprint density at radius 2 is 1.50 bits per heavy atom. The van der Waals surface area contributed by atoms with Gasteiger partial charge in [-0.25, -0.2) is 0 Å². The molecule has 0 aromatic carbocycles. The summed E-state index contributed by atoms with van der Waals surface area (Å²) in [5.41, 5.74) is 0.753. The van der Waals surface area contributed by atoms with Crippen LogP contribution in [0.4, 0.5) is 0 Å². The fraction of sp³-hybridized carbons (Fsp3) is 0.966. The summed E-state index contributed by atoms with van der Waals surface area (Å²) in [5, 5.41) is 20.5. The van der Waals surface area contributed by atoms with E-state index in [2.05, 4.69) is 20.8 Å². The molecule has 0 aliphatic heterocycles. The Labute approximate surface area is 200 Å². The highest BCUT2D eigenvalue weighted by Crippen LogP contribution is 2.68. The molecule has 4 aliphatic carbocycles. The molecule has 9 atom stereocenters. The van der Waals surface area contributed by atoms with Gasteiger partial charge >= 0.3 is 5.97 Å². The van der Waals surface area contributed by atoms with Crippen molar-refractivity contribution in [2.24, 2.45) is 46.3 Å². The number of carbonyl (C=O) groups is 1. The van der Waals surface area contributed by atoms with Crippen molar-refractivity contribution >= 4 is 5.97 Å². The normalized spacial score (nSPS) is 44.2. The van der Waals surface area contributed by atoms with Crippen molar-refractivity contribution < 1.29 is 15.0 Å². The Hall–Kier alpha value is -0.570. The molecule has 0 spiro atoms. The summed E-state index contributed by atoms with van der Waals surface area (Å²) >= 11 is 0. The van der Waals surface area contributed by atoms with Crippen molar-refractivity contribution in [3.63, 3.8) is 0 Å². The highest BCUT2D eigenvalue weighted by atomic mass is 16.4. The number of hydrogen-bond donors (Lipinski definition) is 2. The summed E-state index contributed by atoms with van der Waals surface area (Å²) in [6.07, 6.45) is 12.5. The van der Waals surface area contributed by atoms with Crippen LogP contribution < -0.4 is 0 Å². The first-order chi connectivity index (χ1) is 14.8. The van der Waals surface area contributed by atoms with E-state index in [-0.39, 0.29) is 13.5 Å². The predicted octanol–water partition coefficient (Wildman–Crippen LogP) is 8.20. The fourth-order valence-electron chi connectivity index (χ4n) is 8.82. The zero-order valence-electron chi connectivity index (χ0n) is 21.6. The van der Waals surface area contributed by atoms with Gasteiger partial charge in [-0.3, -0.25) is 4.79 Å². The largest absolute Gasteiger partial charge is 0.481 e. The van der Waals surface area contributed by atoms with E-state index in [0.717, 1.165) is 12.8 Å². The summed E-state index contributed by atoms with van der Waals surface area (Å²) in [4.78, 5) is 10.9. The monoisotopic (exact) mass is 452 g/mol. The molecule has 0 aromatic heterocycles. The quantitative estimate of drug-likeness (QED) is 0.452. The summed E-state index contributed by atoms with van der Waals surface area (Å²) in [7, 11) is 0. The molecular formula is C29H56O3. The van der Waals surface area contributed by atoms with Crippen LogP contribution in [0.2, 0.25) is 0 Å². The molecule has 0 radical (unpaired) electrons. The van der Waals surface area contributed by atoms with Crippen LogP contribution in [0.5, 0.6) is 0 Å². The molecule has 2 N–H and O–H groups in total. The van der Waals surface area contributed by atoms with Gasteiger partial charge in [0.1, 0.15) is 0 Å². The first kappa shape index (κ1) is 29.5. The minimum atomic E-state index is -0.661. The van der Waals surface area contributed by atoms with Gasteiger partial charge in [0.05, 0.1) is 6.10 Å². The number of aliphatic hydroxyl groups is 1. The van der Waals surface area contributed by atoms with E-state index in [1.165, 1.54) is 51.4 Å². The van der Waals surface area contributed by atoms with Crippen molar-refractivity contribution in [2.75, 3.05) is 0 Å². The number of carboxylic acid groups (broad SMARTS) is 1. The molecule has 3 heteroatoms. The summed E-state index contributed by atoms with van der Waals surface area (Å²) in [5.74, 6) is 2.95. The third-order valence-electron chi connectivity index (χ3n) is 10.2. The maximum atomic E-state index is 11.4. The molecule has 8 unspecified atom stereocenters. The fourth-order valence-corrected chi connectivity index (χ4v) is 8.82. The van der Waals surface area contributed by atoms with Gasteiger partial charge in [0.25, 0.3) is 0 Å². The third-order valence-corrected chi connectivity index (χ3v) is 10.2. The standard InChI is InChI=1S/C24H40O3.2C2H6.CH4/c1-15-17-8-4-5-13-24(17,3)19-12-14-23(2)16(7-6-9-20(25)26)10-11-18(23)21(19)22(15)27;2*1-2;/h15-19,21-22,27H,4-14H2,1-3H3,(H,25,26);2*1-2H3;1H4/t15-,16?,17?,18?,19?,21?,22?,23?,24?;;;/m1.../s1. The van der Waals surface area contributed by atoms with Crippen molar-refractivity contribution in [1.82, 2.24) is 0 Å². The van der Waals surface area contributed by atoms with Crippen molar-refractivity contribution in [1.29, 1.82) is 0 Å².